The molecule has 2 heteroatoms. The third-order valence-electron chi connectivity index (χ3n) is 3.48. The second-order valence-electron chi connectivity index (χ2n) is 5.05. The molecule has 0 bridgehead atoms. The van der Waals surface area contributed by atoms with E-state index in [9.17, 15) is 9.59 Å². The predicted molar refractivity (Wildman–Crippen MR) is 89.7 cm³/mol. The van der Waals surface area contributed by atoms with E-state index in [-0.39, 0.29) is 11.6 Å². The van der Waals surface area contributed by atoms with Crippen molar-refractivity contribution >= 4 is 11.6 Å². The lowest BCUT2D eigenvalue weighted by atomic mass is 9.95. The molecule has 0 saturated heterocycles. The molecule has 110 valence electrons. The molecule has 22 heavy (non-hydrogen) atoms. The first kappa shape index (κ1) is 15.6. The molecular weight excluding hydrogens is 272 g/mol. The molecular formula is C20H18O2. The van der Waals surface area contributed by atoms with Crippen molar-refractivity contribution in [2.75, 3.05) is 0 Å². The van der Waals surface area contributed by atoms with E-state index in [0.29, 0.717) is 12.8 Å². The summed E-state index contributed by atoms with van der Waals surface area (Å²) in [4.78, 5) is 23.0. The fraction of sp³-hybridized carbons (Fsp3) is 0.100. The molecule has 2 aromatic carbocycles. The van der Waals surface area contributed by atoms with Crippen molar-refractivity contribution < 1.29 is 9.59 Å². The lowest BCUT2D eigenvalue weighted by Crippen LogP contribution is -2.00. The fourth-order valence-electron chi connectivity index (χ4n) is 2.29. The lowest BCUT2D eigenvalue weighted by molar-refractivity contribution is -0.114. The first-order chi connectivity index (χ1) is 10.6. The zero-order valence-corrected chi connectivity index (χ0v) is 12.4. The Hall–Kier alpha value is -2.74. The molecule has 0 aliphatic heterocycles. The van der Waals surface area contributed by atoms with Crippen LogP contribution in [0.25, 0.3) is 11.1 Å². The molecule has 0 aromatic heterocycles. The molecule has 0 radical (unpaired) electrons. The van der Waals surface area contributed by atoms with Crippen LogP contribution in [0.5, 0.6) is 0 Å². The number of rotatable bonds is 7. The van der Waals surface area contributed by atoms with Gasteiger partial charge < -0.3 is 0 Å². The molecule has 2 nitrogen and oxygen atoms in total. The van der Waals surface area contributed by atoms with Gasteiger partial charge in [0.25, 0.3) is 0 Å². The van der Waals surface area contributed by atoms with E-state index < -0.39 is 0 Å². The second-order valence-corrected chi connectivity index (χ2v) is 5.05. The highest BCUT2D eigenvalue weighted by atomic mass is 16.1. The zero-order valence-electron chi connectivity index (χ0n) is 12.4. The average Bonchev–Trinajstić information content (AvgIpc) is 2.56. The van der Waals surface area contributed by atoms with Gasteiger partial charge in [0.1, 0.15) is 0 Å². The Morgan fingerprint density at radius 3 is 2.05 bits per heavy atom. The van der Waals surface area contributed by atoms with Crippen molar-refractivity contribution in [2.24, 2.45) is 0 Å². The Kier molecular flexibility index (Phi) is 5.21. The van der Waals surface area contributed by atoms with Gasteiger partial charge in [-0.25, -0.2) is 0 Å². The number of allylic oxidation sites excluding steroid dienone is 2. The number of hydrogen-bond donors (Lipinski definition) is 0. The van der Waals surface area contributed by atoms with Crippen LogP contribution in [0.4, 0.5) is 0 Å². The predicted octanol–water partition coefficient (Wildman–Crippen LogP) is 3.95. The van der Waals surface area contributed by atoms with Gasteiger partial charge in [0, 0.05) is 12.8 Å². The number of hydrogen-bond acceptors (Lipinski definition) is 2. The maximum absolute atomic E-state index is 11.6. The minimum absolute atomic E-state index is 0.000602. The number of ketones is 2. The first-order valence-electron chi connectivity index (χ1n) is 7.12. The van der Waals surface area contributed by atoms with Gasteiger partial charge in [-0.1, -0.05) is 61.7 Å². The van der Waals surface area contributed by atoms with Gasteiger partial charge in [0.05, 0.1) is 0 Å². The van der Waals surface area contributed by atoms with E-state index in [1.807, 2.05) is 48.5 Å². The SMILES string of the molecule is C=CC(=O)Cc1ccc(-c2ccccc2CC(=O)C=C)cc1. The van der Waals surface area contributed by atoms with Crippen molar-refractivity contribution in [3.05, 3.63) is 85.0 Å². The van der Waals surface area contributed by atoms with Crippen LogP contribution < -0.4 is 0 Å². The molecule has 2 rings (SSSR count). The second kappa shape index (κ2) is 7.32. The maximum Gasteiger partial charge on any atom is 0.159 e. The molecule has 0 spiro atoms. The summed E-state index contributed by atoms with van der Waals surface area (Å²) in [6.45, 7) is 7.00. The van der Waals surface area contributed by atoms with Crippen LogP contribution in [0.3, 0.4) is 0 Å². The van der Waals surface area contributed by atoms with E-state index in [1.165, 1.54) is 12.2 Å². The van der Waals surface area contributed by atoms with Crippen LogP contribution in [-0.2, 0) is 22.4 Å². The highest BCUT2D eigenvalue weighted by Crippen LogP contribution is 2.25. The van der Waals surface area contributed by atoms with E-state index in [2.05, 4.69) is 13.2 Å². The summed E-state index contributed by atoms with van der Waals surface area (Å²) in [6, 6.07) is 15.6. The van der Waals surface area contributed by atoms with E-state index in [1.54, 1.807) is 0 Å². The summed E-state index contributed by atoms with van der Waals surface area (Å²) < 4.78 is 0. The Morgan fingerprint density at radius 1 is 0.818 bits per heavy atom. The summed E-state index contributed by atoms with van der Waals surface area (Å²) >= 11 is 0. The summed E-state index contributed by atoms with van der Waals surface area (Å²) in [5.74, 6) is 0.00498. The van der Waals surface area contributed by atoms with E-state index in [0.717, 1.165) is 22.3 Å². The lowest BCUT2D eigenvalue weighted by Gasteiger charge is -2.09. The summed E-state index contributed by atoms with van der Waals surface area (Å²) in [5, 5.41) is 0. The Labute approximate surface area is 130 Å². The van der Waals surface area contributed by atoms with Gasteiger partial charge in [0.15, 0.2) is 11.6 Å². The first-order valence-corrected chi connectivity index (χ1v) is 7.12. The minimum atomic E-state index is 0.000602. The quantitative estimate of drug-likeness (QED) is 0.724. The maximum atomic E-state index is 11.6. The van der Waals surface area contributed by atoms with Crippen LogP contribution in [0, 0.1) is 0 Å². The van der Waals surface area contributed by atoms with Crippen LogP contribution in [0.1, 0.15) is 11.1 Å². The number of benzene rings is 2. The van der Waals surface area contributed by atoms with Crippen molar-refractivity contribution in [3.8, 4) is 11.1 Å². The fourth-order valence-corrected chi connectivity index (χ4v) is 2.29. The molecule has 0 atom stereocenters. The molecule has 0 aliphatic carbocycles. The number of carbonyl (C=O) groups is 2. The van der Waals surface area contributed by atoms with Crippen LogP contribution >= 0.6 is 0 Å². The van der Waals surface area contributed by atoms with Gasteiger partial charge in [-0.3, -0.25) is 9.59 Å². The Bertz CT molecular complexity index is 709. The van der Waals surface area contributed by atoms with E-state index in [4.69, 9.17) is 0 Å². The largest absolute Gasteiger partial charge is 0.295 e. The summed E-state index contributed by atoms with van der Waals surface area (Å²) in [6.07, 6.45) is 3.39. The average molecular weight is 290 g/mol. The molecule has 2 aromatic rings. The third-order valence-corrected chi connectivity index (χ3v) is 3.48. The van der Waals surface area contributed by atoms with Crippen molar-refractivity contribution in [1.29, 1.82) is 0 Å². The van der Waals surface area contributed by atoms with Crippen LogP contribution in [0.15, 0.2) is 73.8 Å². The topological polar surface area (TPSA) is 34.1 Å². The van der Waals surface area contributed by atoms with E-state index >= 15 is 0 Å². The molecule has 0 amide bonds. The normalized spacial score (nSPS) is 10.0. The highest BCUT2D eigenvalue weighted by molar-refractivity contribution is 5.92. The van der Waals surface area contributed by atoms with Gasteiger partial charge in [-0.15, -0.1) is 0 Å². The van der Waals surface area contributed by atoms with Gasteiger partial charge in [0.2, 0.25) is 0 Å². The number of carbonyl (C=O) groups excluding carboxylic acids is 2. The van der Waals surface area contributed by atoms with Gasteiger partial charge >= 0.3 is 0 Å². The van der Waals surface area contributed by atoms with Crippen LogP contribution in [0.2, 0.25) is 0 Å². The molecule has 0 heterocycles. The molecule has 0 aliphatic rings. The minimum Gasteiger partial charge on any atom is -0.295 e. The van der Waals surface area contributed by atoms with Gasteiger partial charge in [-0.2, -0.15) is 0 Å². The third kappa shape index (κ3) is 3.89. The molecule has 0 saturated carbocycles. The molecule has 0 N–H and O–H groups in total. The highest BCUT2D eigenvalue weighted by Gasteiger charge is 2.08. The summed E-state index contributed by atoms with van der Waals surface area (Å²) in [5.41, 5.74) is 3.98. The van der Waals surface area contributed by atoms with Crippen molar-refractivity contribution in [1.82, 2.24) is 0 Å². The standard InChI is InChI=1S/C20H18O2/c1-3-18(21)13-15-9-11-16(12-10-15)20-8-6-5-7-17(20)14-19(22)4-2/h3-12H,1-2,13-14H2. The van der Waals surface area contributed by atoms with Gasteiger partial charge in [-0.05, 0) is 34.4 Å². The zero-order chi connectivity index (χ0) is 15.9. The molecule has 0 unspecified atom stereocenters. The van der Waals surface area contributed by atoms with Crippen molar-refractivity contribution in [2.45, 2.75) is 12.8 Å². The Balaban J connectivity index is 2.28. The monoisotopic (exact) mass is 290 g/mol. The Morgan fingerprint density at radius 2 is 1.41 bits per heavy atom. The smallest absolute Gasteiger partial charge is 0.159 e. The molecule has 0 fully saturated rings. The van der Waals surface area contributed by atoms with Crippen LogP contribution in [-0.4, -0.2) is 11.6 Å². The summed E-state index contributed by atoms with van der Waals surface area (Å²) in [7, 11) is 0. The van der Waals surface area contributed by atoms with Crippen molar-refractivity contribution in [3.63, 3.8) is 0 Å².